The maximum atomic E-state index is 13.9. The van der Waals surface area contributed by atoms with E-state index in [0.717, 1.165) is 32.5 Å². The Hall–Kier alpha value is -3.47. The van der Waals surface area contributed by atoms with Crippen LogP contribution in [-0.2, 0) is 20.9 Å². The number of hydrogen-bond acceptors (Lipinski definition) is 6. The van der Waals surface area contributed by atoms with Crippen LogP contribution in [0.2, 0.25) is 0 Å². The molecule has 3 aromatic carbocycles. The van der Waals surface area contributed by atoms with E-state index in [4.69, 9.17) is 0 Å². The van der Waals surface area contributed by atoms with Gasteiger partial charge in [-0.3, -0.25) is 23.7 Å². The van der Waals surface area contributed by atoms with Gasteiger partial charge in [0, 0.05) is 21.0 Å². The Bertz CT molecular complexity index is 1690. The van der Waals surface area contributed by atoms with E-state index in [9.17, 15) is 19.2 Å². The van der Waals surface area contributed by atoms with Gasteiger partial charge in [-0.25, -0.2) is 4.90 Å². The molecule has 0 bridgehead atoms. The molecule has 6 rings (SSSR count). The molecule has 3 amide bonds. The summed E-state index contributed by atoms with van der Waals surface area (Å²) in [6, 6.07) is 22.3. The Morgan fingerprint density at radius 1 is 0.875 bits per heavy atom. The zero-order valence-electron chi connectivity index (χ0n) is 21.6. The molecule has 0 spiro atoms. The quantitative estimate of drug-likeness (QED) is 0.284. The zero-order valence-corrected chi connectivity index (χ0v) is 24.8. The number of anilines is 2. The average molecular weight is 635 g/mol. The molecule has 1 N–H and O–H groups in total. The topological polar surface area (TPSA) is 88.5 Å². The van der Waals surface area contributed by atoms with Crippen LogP contribution in [0.25, 0.3) is 0 Å². The molecular weight excluding hydrogens is 610 g/mol. The Balaban J connectivity index is 1.40. The fraction of sp³-hybridized carbons (Fsp3) is 0.200. The largest absolute Gasteiger partial charge is 0.325 e. The highest BCUT2D eigenvalue weighted by molar-refractivity contribution is 9.10. The number of amides is 3. The van der Waals surface area contributed by atoms with Crippen LogP contribution in [0.1, 0.15) is 27.5 Å². The van der Waals surface area contributed by atoms with Gasteiger partial charge in [0.2, 0.25) is 17.7 Å². The third-order valence-corrected chi connectivity index (χ3v) is 10.3. The number of thiazole rings is 1. The van der Waals surface area contributed by atoms with Crippen molar-refractivity contribution in [3.63, 3.8) is 0 Å². The molecule has 202 valence electrons. The van der Waals surface area contributed by atoms with Gasteiger partial charge >= 0.3 is 4.87 Å². The fourth-order valence-corrected chi connectivity index (χ4v) is 8.25. The summed E-state index contributed by atoms with van der Waals surface area (Å²) in [5.74, 6) is -2.12. The van der Waals surface area contributed by atoms with Gasteiger partial charge in [0.15, 0.2) is 0 Å². The highest BCUT2D eigenvalue weighted by Crippen LogP contribution is 2.53. The highest BCUT2D eigenvalue weighted by atomic mass is 79.9. The molecule has 1 aromatic heterocycles. The van der Waals surface area contributed by atoms with Gasteiger partial charge in [-0.05, 0) is 55.8 Å². The molecule has 40 heavy (non-hydrogen) atoms. The van der Waals surface area contributed by atoms with E-state index in [1.54, 1.807) is 12.1 Å². The lowest BCUT2D eigenvalue weighted by atomic mass is 9.83. The Labute approximate surface area is 247 Å². The van der Waals surface area contributed by atoms with E-state index in [1.165, 1.54) is 21.2 Å². The van der Waals surface area contributed by atoms with Crippen molar-refractivity contribution in [1.82, 2.24) is 4.57 Å². The monoisotopic (exact) mass is 633 g/mol. The Morgan fingerprint density at radius 2 is 1.50 bits per heavy atom. The number of halogens is 1. The number of aromatic nitrogens is 1. The summed E-state index contributed by atoms with van der Waals surface area (Å²) in [5.41, 5.74) is 4.10. The summed E-state index contributed by atoms with van der Waals surface area (Å²) >= 11 is 5.72. The van der Waals surface area contributed by atoms with Crippen LogP contribution in [0.5, 0.6) is 0 Å². The van der Waals surface area contributed by atoms with E-state index in [0.29, 0.717) is 21.3 Å². The molecule has 7 nitrogen and oxygen atoms in total. The number of rotatable bonds is 5. The first-order valence-corrected chi connectivity index (χ1v) is 15.2. The molecule has 3 atom stereocenters. The van der Waals surface area contributed by atoms with Crippen LogP contribution >= 0.6 is 39.0 Å². The fourth-order valence-electron chi connectivity index (χ4n) is 5.21. The first-order valence-electron chi connectivity index (χ1n) is 12.7. The van der Waals surface area contributed by atoms with Gasteiger partial charge < -0.3 is 5.32 Å². The summed E-state index contributed by atoms with van der Waals surface area (Å²) in [6.07, 6.45) is 0. The van der Waals surface area contributed by atoms with Crippen LogP contribution in [0.15, 0.2) is 87.1 Å². The number of carbonyl (C=O) groups excluding carboxylic acids is 3. The average Bonchev–Trinajstić information content (AvgIpc) is 3.37. The van der Waals surface area contributed by atoms with Gasteiger partial charge in [0.25, 0.3) is 0 Å². The van der Waals surface area contributed by atoms with Crippen molar-refractivity contribution in [3.8, 4) is 0 Å². The van der Waals surface area contributed by atoms with E-state index >= 15 is 0 Å². The van der Waals surface area contributed by atoms with Crippen molar-refractivity contribution in [1.29, 1.82) is 0 Å². The number of hydrogen-bond donors (Lipinski definition) is 1. The minimum absolute atomic E-state index is 0.195. The van der Waals surface area contributed by atoms with E-state index in [2.05, 4.69) is 21.2 Å². The number of nitrogens with zero attached hydrogens (tertiary/aromatic N) is 2. The number of imide groups is 1. The molecule has 0 radical (unpaired) electrons. The van der Waals surface area contributed by atoms with E-state index < -0.39 is 17.1 Å². The van der Waals surface area contributed by atoms with Crippen LogP contribution in [0.3, 0.4) is 0 Å². The molecule has 0 saturated carbocycles. The van der Waals surface area contributed by atoms with Crippen LogP contribution in [-0.4, -0.2) is 27.5 Å². The minimum Gasteiger partial charge on any atom is -0.325 e. The first kappa shape index (κ1) is 26.7. The molecule has 2 aliphatic rings. The van der Waals surface area contributed by atoms with Crippen LogP contribution in [0.4, 0.5) is 11.4 Å². The van der Waals surface area contributed by atoms with E-state index in [-0.39, 0.29) is 29.1 Å². The molecule has 3 heterocycles. The zero-order chi connectivity index (χ0) is 28.1. The highest BCUT2D eigenvalue weighted by Gasteiger charge is 2.56. The van der Waals surface area contributed by atoms with Crippen molar-refractivity contribution in [2.24, 2.45) is 5.92 Å². The lowest BCUT2D eigenvalue weighted by Crippen LogP contribution is -2.33. The third-order valence-electron chi connectivity index (χ3n) is 7.21. The van der Waals surface area contributed by atoms with Gasteiger partial charge in [0.05, 0.1) is 16.6 Å². The molecule has 2 unspecified atom stereocenters. The van der Waals surface area contributed by atoms with Gasteiger partial charge in [-0.2, -0.15) is 0 Å². The van der Waals surface area contributed by atoms with Crippen molar-refractivity contribution < 1.29 is 14.4 Å². The summed E-state index contributed by atoms with van der Waals surface area (Å²) in [4.78, 5) is 55.7. The molecule has 10 heteroatoms. The molecule has 1 fully saturated rings. The maximum Gasteiger partial charge on any atom is 0.308 e. The number of fused-ring (bicyclic) bond motifs is 2. The molecule has 0 aliphatic carbocycles. The first-order chi connectivity index (χ1) is 19.2. The molecular formula is C30H24BrN3O4S2. The third kappa shape index (κ3) is 4.74. The predicted octanol–water partition coefficient (Wildman–Crippen LogP) is 5.72. The maximum absolute atomic E-state index is 13.9. The van der Waals surface area contributed by atoms with Crippen LogP contribution < -0.4 is 15.1 Å². The van der Waals surface area contributed by atoms with Gasteiger partial charge in [-0.15, -0.1) is 0 Å². The lowest BCUT2D eigenvalue weighted by molar-refractivity contribution is -0.122. The second kappa shape index (κ2) is 10.5. The summed E-state index contributed by atoms with van der Waals surface area (Å²) in [7, 11) is 0. The summed E-state index contributed by atoms with van der Waals surface area (Å²) < 4.78 is 2.31. The lowest BCUT2D eigenvalue weighted by Gasteiger charge is -2.30. The molecule has 4 aromatic rings. The van der Waals surface area contributed by atoms with Crippen LogP contribution in [0, 0.1) is 19.8 Å². The van der Waals surface area contributed by atoms with Crippen molar-refractivity contribution in [2.75, 3.05) is 10.2 Å². The normalized spacial score (nSPS) is 19.9. The van der Waals surface area contributed by atoms with Crippen molar-refractivity contribution in [3.05, 3.63) is 109 Å². The Kier molecular flexibility index (Phi) is 7.02. The molecule has 2 aliphatic heterocycles. The SMILES string of the molecule is Cc1ccc(NC(=O)Cn2c3c(sc2=O)[C@H](c2ccc(Br)cc2)C2C(=O)N(c4ccc(C)cc4)C(=O)C2S3)cc1. The number of benzene rings is 3. The van der Waals surface area contributed by atoms with E-state index in [1.807, 2.05) is 74.5 Å². The molecule has 1 saturated heterocycles. The number of carbonyl (C=O) groups is 3. The smallest absolute Gasteiger partial charge is 0.308 e. The minimum atomic E-state index is -0.727. The predicted molar refractivity (Wildman–Crippen MR) is 161 cm³/mol. The summed E-state index contributed by atoms with van der Waals surface area (Å²) in [5, 5.41) is 2.69. The van der Waals surface area contributed by atoms with Gasteiger partial charge in [-0.1, -0.05) is 86.6 Å². The number of nitrogens with one attached hydrogen (secondary N) is 1. The number of thioether (sulfide) groups is 1. The second-order valence-corrected chi connectivity index (χ2v) is 13.0. The second-order valence-electron chi connectivity index (χ2n) is 9.98. The van der Waals surface area contributed by atoms with Crippen molar-refractivity contribution >= 4 is 68.1 Å². The van der Waals surface area contributed by atoms with Gasteiger partial charge in [0.1, 0.15) is 11.8 Å². The summed E-state index contributed by atoms with van der Waals surface area (Å²) in [6.45, 7) is 3.72. The van der Waals surface area contributed by atoms with Crippen molar-refractivity contribution in [2.45, 2.75) is 36.6 Å². The standard InChI is InChI=1S/C30H24BrN3O4S2/c1-16-3-11-20(12-4-16)32-22(35)15-33-29-26(40-30(33)38)23(18-7-9-19(31)10-8-18)24-25(39-29)28(37)34(27(24)36)21-13-5-17(2)6-14-21/h3-14,23-25H,15H2,1-2H3,(H,32,35)/t23-,24?,25?/m1/s1. The number of aryl methyl sites for hydroxylation is 2. The Morgan fingerprint density at radius 3 is 2.15 bits per heavy atom.